The molecule has 0 bridgehead atoms. The average Bonchev–Trinajstić information content (AvgIpc) is 2.91. The van der Waals surface area contributed by atoms with E-state index in [-0.39, 0.29) is 6.61 Å². The SMILES string of the molecule is CCCCOc1ccc(-n2nnc(CO)c2CC)cc1. The Balaban J connectivity index is 2.15. The fourth-order valence-electron chi connectivity index (χ4n) is 2.03. The molecule has 0 amide bonds. The third-order valence-corrected chi connectivity index (χ3v) is 3.18. The van der Waals surface area contributed by atoms with E-state index in [1.165, 1.54) is 0 Å². The number of aromatic nitrogens is 3. The zero-order chi connectivity index (χ0) is 14.4. The number of unbranched alkanes of at least 4 members (excludes halogenated alkanes) is 1. The van der Waals surface area contributed by atoms with Crippen LogP contribution in [0, 0.1) is 0 Å². The molecule has 0 atom stereocenters. The Bertz CT molecular complexity index is 535. The molecule has 1 N–H and O–H groups in total. The predicted octanol–water partition coefficient (Wildman–Crippen LogP) is 2.50. The molecule has 0 saturated heterocycles. The molecule has 1 aromatic carbocycles. The lowest BCUT2D eigenvalue weighted by Gasteiger charge is -2.08. The summed E-state index contributed by atoms with van der Waals surface area (Å²) in [5, 5.41) is 17.3. The van der Waals surface area contributed by atoms with E-state index in [1.54, 1.807) is 4.68 Å². The summed E-state index contributed by atoms with van der Waals surface area (Å²) in [5.74, 6) is 0.864. The summed E-state index contributed by atoms with van der Waals surface area (Å²) in [6.45, 7) is 4.83. The topological polar surface area (TPSA) is 60.2 Å². The minimum Gasteiger partial charge on any atom is -0.494 e. The first-order valence-corrected chi connectivity index (χ1v) is 7.07. The highest BCUT2D eigenvalue weighted by atomic mass is 16.5. The van der Waals surface area contributed by atoms with Gasteiger partial charge in [0.25, 0.3) is 0 Å². The van der Waals surface area contributed by atoms with Gasteiger partial charge in [-0.05, 0) is 37.1 Å². The van der Waals surface area contributed by atoms with Crippen molar-refractivity contribution in [3.63, 3.8) is 0 Å². The van der Waals surface area contributed by atoms with Gasteiger partial charge in [0.05, 0.1) is 24.6 Å². The van der Waals surface area contributed by atoms with E-state index in [1.807, 2.05) is 31.2 Å². The normalized spacial score (nSPS) is 10.8. The lowest BCUT2D eigenvalue weighted by atomic mass is 10.2. The molecule has 5 heteroatoms. The first kappa shape index (κ1) is 14.5. The first-order chi connectivity index (χ1) is 9.80. The molecule has 1 heterocycles. The molecule has 20 heavy (non-hydrogen) atoms. The van der Waals surface area contributed by atoms with Crippen LogP contribution in [0.4, 0.5) is 0 Å². The molecule has 1 aromatic heterocycles. The Morgan fingerprint density at radius 3 is 2.55 bits per heavy atom. The number of nitrogens with zero attached hydrogens (tertiary/aromatic N) is 3. The maximum Gasteiger partial charge on any atom is 0.119 e. The van der Waals surface area contributed by atoms with Gasteiger partial charge >= 0.3 is 0 Å². The number of aliphatic hydroxyl groups is 1. The van der Waals surface area contributed by atoms with E-state index in [0.29, 0.717) is 5.69 Å². The van der Waals surface area contributed by atoms with Crippen molar-refractivity contribution in [2.75, 3.05) is 6.61 Å². The third kappa shape index (κ3) is 3.17. The number of hydrogen-bond donors (Lipinski definition) is 1. The van der Waals surface area contributed by atoms with Gasteiger partial charge in [0.2, 0.25) is 0 Å². The van der Waals surface area contributed by atoms with Crippen LogP contribution in [-0.2, 0) is 13.0 Å². The number of ether oxygens (including phenoxy) is 1. The van der Waals surface area contributed by atoms with E-state index in [9.17, 15) is 5.11 Å². The van der Waals surface area contributed by atoms with Gasteiger partial charge < -0.3 is 9.84 Å². The second-order valence-corrected chi connectivity index (χ2v) is 4.60. The van der Waals surface area contributed by atoms with Gasteiger partial charge in [0.15, 0.2) is 0 Å². The van der Waals surface area contributed by atoms with Gasteiger partial charge in [-0.2, -0.15) is 0 Å². The summed E-state index contributed by atoms with van der Waals surface area (Å²) >= 11 is 0. The summed E-state index contributed by atoms with van der Waals surface area (Å²) in [6.07, 6.45) is 2.96. The lowest BCUT2D eigenvalue weighted by molar-refractivity contribution is 0.275. The maximum atomic E-state index is 9.24. The molecule has 0 aliphatic rings. The van der Waals surface area contributed by atoms with Gasteiger partial charge in [-0.1, -0.05) is 25.5 Å². The lowest BCUT2D eigenvalue weighted by Crippen LogP contribution is -2.03. The van der Waals surface area contributed by atoms with Crippen LogP contribution in [0.2, 0.25) is 0 Å². The minimum absolute atomic E-state index is 0.0820. The Kier molecular flexibility index (Phi) is 5.12. The fraction of sp³-hybridized carbons (Fsp3) is 0.467. The average molecular weight is 275 g/mol. The van der Waals surface area contributed by atoms with Crippen LogP contribution < -0.4 is 4.74 Å². The predicted molar refractivity (Wildman–Crippen MR) is 77.1 cm³/mol. The minimum atomic E-state index is -0.0820. The molecule has 2 rings (SSSR count). The second kappa shape index (κ2) is 7.05. The molecule has 0 spiro atoms. The Hall–Kier alpha value is -1.88. The number of hydrogen-bond acceptors (Lipinski definition) is 4. The summed E-state index contributed by atoms with van der Waals surface area (Å²) in [5.41, 5.74) is 2.50. The van der Waals surface area contributed by atoms with Crippen molar-refractivity contribution >= 4 is 0 Å². The Morgan fingerprint density at radius 2 is 1.95 bits per heavy atom. The summed E-state index contributed by atoms with van der Waals surface area (Å²) in [4.78, 5) is 0. The van der Waals surface area contributed by atoms with Crippen LogP contribution in [0.1, 0.15) is 38.1 Å². The van der Waals surface area contributed by atoms with Crippen molar-refractivity contribution in [2.45, 2.75) is 39.7 Å². The molecule has 0 aliphatic carbocycles. The van der Waals surface area contributed by atoms with Crippen molar-refractivity contribution in [1.82, 2.24) is 15.0 Å². The number of rotatable bonds is 7. The molecule has 0 fully saturated rings. The van der Waals surface area contributed by atoms with Crippen molar-refractivity contribution in [3.8, 4) is 11.4 Å². The highest BCUT2D eigenvalue weighted by Crippen LogP contribution is 2.18. The quantitative estimate of drug-likeness (QED) is 0.789. The summed E-state index contributed by atoms with van der Waals surface area (Å²) in [7, 11) is 0. The smallest absolute Gasteiger partial charge is 0.119 e. The van der Waals surface area contributed by atoms with Crippen molar-refractivity contribution < 1.29 is 9.84 Å². The highest BCUT2D eigenvalue weighted by Gasteiger charge is 2.11. The monoisotopic (exact) mass is 275 g/mol. The fourth-order valence-corrected chi connectivity index (χ4v) is 2.03. The van der Waals surface area contributed by atoms with E-state index in [2.05, 4.69) is 17.2 Å². The standard InChI is InChI=1S/C15H21N3O2/c1-3-5-10-20-13-8-6-12(7-9-13)18-15(4-2)14(11-19)16-17-18/h6-9,19H,3-5,10-11H2,1-2H3. The van der Waals surface area contributed by atoms with Crippen LogP contribution in [-0.4, -0.2) is 26.7 Å². The summed E-state index contributed by atoms with van der Waals surface area (Å²) < 4.78 is 7.40. The molecular weight excluding hydrogens is 254 g/mol. The molecule has 0 radical (unpaired) electrons. The highest BCUT2D eigenvalue weighted by molar-refractivity contribution is 5.38. The zero-order valence-electron chi connectivity index (χ0n) is 12.0. The number of benzene rings is 1. The molecule has 0 unspecified atom stereocenters. The first-order valence-electron chi connectivity index (χ1n) is 7.07. The van der Waals surface area contributed by atoms with Crippen LogP contribution in [0.5, 0.6) is 5.75 Å². The van der Waals surface area contributed by atoms with Gasteiger partial charge in [-0.15, -0.1) is 5.10 Å². The van der Waals surface area contributed by atoms with E-state index in [4.69, 9.17) is 4.74 Å². The molecule has 0 aliphatic heterocycles. The van der Waals surface area contributed by atoms with Gasteiger partial charge in [-0.25, -0.2) is 4.68 Å². The van der Waals surface area contributed by atoms with Crippen molar-refractivity contribution in [2.24, 2.45) is 0 Å². The second-order valence-electron chi connectivity index (χ2n) is 4.60. The molecule has 108 valence electrons. The largest absolute Gasteiger partial charge is 0.494 e. The van der Waals surface area contributed by atoms with E-state index in [0.717, 1.165) is 43.0 Å². The van der Waals surface area contributed by atoms with Crippen molar-refractivity contribution in [3.05, 3.63) is 35.7 Å². The van der Waals surface area contributed by atoms with E-state index < -0.39 is 0 Å². The summed E-state index contributed by atoms with van der Waals surface area (Å²) in [6, 6.07) is 7.78. The molecule has 5 nitrogen and oxygen atoms in total. The van der Waals surface area contributed by atoms with Crippen LogP contribution in [0.3, 0.4) is 0 Å². The third-order valence-electron chi connectivity index (χ3n) is 3.18. The van der Waals surface area contributed by atoms with Gasteiger partial charge in [0, 0.05) is 0 Å². The van der Waals surface area contributed by atoms with Crippen molar-refractivity contribution in [1.29, 1.82) is 0 Å². The number of aliphatic hydroxyl groups excluding tert-OH is 1. The van der Waals surface area contributed by atoms with Crippen LogP contribution in [0.25, 0.3) is 5.69 Å². The zero-order valence-corrected chi connectivity index (χ0v) is 12.0. The molecular formula is C15H21N3O2. The van der Waals surface area contributed by atoms with Gasteiger partial charge in [-0.3, -0.25) is 0 Å². The molecule has 0 saturated carbocycles. The van der Waals surface area contributed by atoms with E-state index >= 15 is 0 Å². The van der Waals surface area contributed by atoms with Gasteiger partial charge in [0.1, 0.15) is 11.4 Å². The molecule has 2 aromatic rings. The Labute approximate surface area is 119 Å². The maximum absolute atomic E-state index is 9.24. The van der Waals surface area contributed by atoms with Crippen LogP contribution in [0.15, 0.2) is 24.3 Å². The Morgan fingerprint density at radius 1 is 1.20 bits per heavy atom. The van der Waals surface area contributed by atoms with Crippen LogP contribution >= 0.6 is 0 Å².